The van der Waals surface area contributed by atoms with Crippen LogP contribution in [0.5, 0.6) is 0 Å². The van der Waals surface area contributed by atoms with E-state index in [1.807, 2.05) is 0 Å². The van der Waals surface area contributed by atoms with Crippen LogP contribution in [-0.4, -0.2) is 78.5 Å². The van der Waals surface area contributed by atoms with Crippen LogP contribution in [0.25, 0.3) is 0 Å². The molecule has 0 aromatic carbocycles. The lowest BCUT2D eigenvalue weighted by atomic mass is 9.95. The van der Waals surface area contributed by atoms with Crippen molar-refractivity contribution in [2.45, 2.75) is 19.3 Å². The van der Waals surface area contributed by atoms with Gasteiger partial charge in [-0.2, -0.15) is 0 Å². The maximum atomic E-state index is 12.4. The molecule has 1 heterocycles. The number of piperidine rings is 1. The molecule has 1 unspecified atom stereocenters. The fraction of sp³-hybridized carbons (Fsp3) is 0.846. The summed E-state index contributed by atoms with van der Waals surface area (Å²) < 4.78 is 4.91. The zero-order chi connectivity index (χ0) is 15.0. The van der Waals surface area contributed by atoms with E-state index in [2.05, 4.69) is 0 Å². The Morgan fingerprint density at radius 1 is 1.45 bits per heavy atom. The lowest BCUT2D eigenvalue weighted by Crippen LogP contribution is -2.50. The largest absolute Gasteiger partial charge is 0.480 e. The summed E-state index contributed by atoms with van der Waals surface area (Å²) in [6.45, 7) is 1.61. The molecule has 1 aliphatic heterocycles. The standard InChI is InChI=1S/C13H24N2O5/c1-20-8-6-15(10-12(17)18)13(19)14-5-2-3-11(9-14)4-7-16/h11,16H,2-10H2,1H3,(H,17,18). The molecule has 0 spiro atoms. The number of rotatable bonds is 7. The van der Waals surface area contributed by atoms with Crippen LogP contribution in [0, 0.1) is 5.92 Å². The SMILES string of the molecule is COCCN(CC(=O)O)C(=O)N1CCCC(CCO)C1. The first kappa shape index (κ1) is 16.7. The number of methoxy groups -OCH3 is 1. The summed E-state index contributed by atoms with van der Waals surface area (Å²) >= 11 is 0. The van der Waals surface area contributed by atoms with Gasteiger partial charge in [0, 0.05) is 33.4 Å². The fourth-order valence-corrected chi connectivity index (χ4v) is 2.46. The van der Waals surface area contributed by atoms with Crippen LogP contribution in [0.4, 0.5) is 4.79 Å². The van der Waals surface area contributed by atoms with Crippen molar-refractivity contribution in [1.29, 1.82) is 0 Å². The number of aliphatic hydroxyl groups excluding tert-OH is 1. The van der Waals surface area contributed by atoms with Gasteiger partial charge >= 0.3 is 12.0 Å². The van der Waals surface area contributed by atoms with Crippen molar-refractivity contribution in [2.75, 3.05) is 46.5 Å². The maximum Gasteiger partial charge on any atom is 0.323 e. The van der Waals surface area contributed by atoms with Crippen molar-refractivity contribution >= 4 is 12.0 Å². The predicted molar refractivity (Wildman–Crippen MR) is 72.5 cm³/mol. The van der Waals surface area contributed by atoms with Gasteiger partial charge in [0.05, 0.1) is 6.61 Å². The number of carbonyl (C=O) groups is 2. The quantitative estimate of drug-likeness (QED) is 0.700. The molecule has 0 radical (unpaired) electrons. The van der Waals surface area contributed by atoms with Gasteiger partial charge in [-0.15, -0.1) is 0 Å². The van der Waals surface area contributed by atoms with E-state index in [1.54, 1.807) is 4.90 Å². The third-order valence-corrected chi connectivity index (χ3v) is 3.49. The molecule has 0 aromatic heterocycles. The summed E-state index contributed by atoms with van der Waals surface area (Å²) in [5.41, 5.74) is 0. The molecule has 1 fully saturated rings. The number of urea groups is 1. The molecule has 7 nitrogen and oxygen atoms in total. The Balaban J connectivity index is 2.59. The van der Waals surface area contributed by atoms with Crippen molar-refractivity contribution in [3.63, 3.8) is 0 Å². The Kier molecular flexibility index (Phi) is 7.32. The summed E-state index contributed by atoms with van der Waals surface area (Å²) in [6, 6.07) is -0.257. The fourth-order valence-electron chi connectivity index (χ4n) is 2.46. The minimum Gasteiger partial charge on any atom is -0.480 e. The number of amides is 2. The first-order valence-corrected chi connectivity index (χ1v) is 6.94. The van der Waals surface area contributed by atoms with E-state index in [0.29, 0.717) is 32.0 Å². The van der Waals surface area contributed by atoms with Crippen molar-refractivity contribution in [3.8, 4) is 0 Å². The number of aliphatic hydroxyl groups is 1. The number of carbonyl (C=O) groups excluding carboxylic acids is 1. The van der Waals surface area contributed by atoms with E-state index in [1.165, 1.54) is 12.0 Å². The molecular weight excluding hydrogens is 264 g/mol. The highest BCUT2D eigenvalue weighted by atomic mass is 16.5. The molecule has 1 aliphatic rings. The van der Waals surface area contributed by atoms with E-state index in [9.17, 15) is 9.59 Å². The molecule has 1 rings (SSSR count). The second kappa shape index (κ2) is 8.76. The van der Waals surface area contributed by atoms with E-state index < -0.39 is 5.97 Å². The van der Waals surface area contributed by atoms with E-state index >= 15 is 0 Å². The number of carboxylic acids is 1. The molecule has 0 saturated carbocycles. The van der Waals surface area contributed by atoms with Crippen molar-refractivity contribution in [3.05, 3.63) is 0 Å². The molecule has 20 heavy (non-hydrogen) atoms. The summed E-state index contributed by atoms with van der Waals surface area (Å²) in [4.78, 5) is 26.2. The summed E-state index contributed by atoms with van der Waals surface area (Å²) in [5.74, 6) is -0.731. The average Bonchev–Trinajstić information content (AvgIpc) is 2.43. The van der Waals surface area contributed by atoms with Crippen molar-refractivity contribution in [2.24, 2.45) is 5.92 Å². The zero-order valence-electron chi connectivity index (χ0n) is 12.0. The van der Waals surface area contributed by atoms with Crippen LogP contribution in [0.1, 0.15) is 19.3 Å². The van der Waals surface area contributed by atoms with E-state index in [0.717, 1.165) is 12.8 Å². The lowest BCUT2D eigenvalue weighted by Gasteiger charge is -2.35. The molecule has 7 heteroatoms. The smallest absolute Gasteiger partial charge is 0.323 e. The monoisotopic (exact) mass is 288 g/mol. The number of ether oxygens (including phenoxy) is 1. The minimum atomic E-state index is -1.03. The Hall–Kier alpha value is -1.34. The first-order valence-electron chi connectivity index (χ1n) is 6.94. The van der Waals surface area contributed by atoms with E-state index in [-0.39, 0.29) is 25.7 Å². The molecular formula is C13H24N2O5. The Morgan fingerprint density at radius 2 is 2.20 bits per heavy atom. The third-order valence-electron chi connectivity index (χ3n) is 3.49. The zero-order valence-corrected chi connectivity index (χ0v) is 12.0. The summed E-state index contributed by atoms with van der Waals surface area (Å²) in [6.07, 6.45) is 2.57. The number of nitrogens with zero attached hydrogens (tertiary/aromatic N) is 2. The molecule has 0 bridgehead atoms. The van der Waals surface area contributed by atoms with Gasteiger partial charge in [0.15, 0.2) is 0 Å². The van der Waals surface area contributed by atoms with Gasteiger partial charge < -0.3 is 24.7 Å². The predicted octanol–water partition coefficient (Wildman–Crippen LogP) is 0.234. The highest BCUT2D eigenvalue weighted by Gasteiger charge is 2.27. The van der Waals surface area contributed by atoms with Gasteiger partial charge in [-0.05, 0) is 25.2 Å². The lowest BCUT2D eigenvalue weighted by molar-refractivity contribution is -0.137. The molecule has 1 atom stereocenters. The first-order chi connectivity index (χ1) is 9.58. The number of likely N-dealkylation sites (tertiary alicyclic amines) is 1. The van der Waals surface area contributed by atoms with Gasteiger partial charge in [-0.25, -0.2) is 4.79 Å². The second-order valence-electron chi connectivity index (χ2n) is 5.06. The molecule has 1 saturated heterocycles. The van der Waals surface area contributed by atoms with Crippen LogP contribution in [0.15, 0.2) is 0 Å². The van der Waals surface area contributed by atoms with Crippen LogP contribution in [-0.2, 0) is 9.53 Å². The molecule has 116 valence electrons. The molecule has 2 amide bonds. The highest BCUT2D eigenvalue weighted by molar-refractivity contribution is 5.80. The summed E-state index contributed by atoms with van der Waals surface area (Å²) in [7, 11) is 1.52. The number of hydrogen-bond acceptors (Lipinski definition) is 4. The normalized spacial score (nSPS) is 18.9. The van der Waals surface area contributed by atoms with Gasteiger partial charge in [-0.3, -0.25) is 4.79 Å². The molecule has 2 N–H and O–H groups in total. The van der Waals surface area contributed by atoms with Crippen molar-refractivity contribution < 1.29 is 24.5 Å². The van der Waals surface area contributed by atoms with Crippen LogP contribution >= 0.6 is 0 Å². The van der Waals surface area contributed by atoms with Gasteiger partial charge in [-0.1, -0.05) is 0 Å². The third kappa shape index (κ3) is 5.34. The maximum absolute atomic E-state index is 12.4. The van der Waals surface area contributed by atoms with Gasteiger partial charge in [0.2, 0.25) is 0 Å². The molecule has 0 aromatic rings. The molecule has 0 aliphatic carbocycles. The van der Waals surface area contributed by atoms with Crippen LogP contribution in [0.2, 0.25) is 0 Å². The Bertz CT molecular complexity index is 322. The number of aliphatic carboxylic acids is 1. The highest BCUT2D eigenvalue weighted by Crippen LogP contribution is 2.20. The number of hydrogen-bond donors (Lipinski definition) is 2. The van der Waals surface area contributed by atoms with Crippen LogP contribution in [0.3, 0.4) is 0 Å². The van der Waals surface area contributed by atoms with Crippen molar-refractivity contribution in [1.82, 2.24) is 9.80 Å². The summed E-state index contributed by atoms with van der Waals surface area (Å²) in [5, 5.41) is 17.9. The number of carboxylic acid groups (broad SMARTS) is 1. The topological polar surface area (TPSA) is 90.3 Å². The van der Waals surface area contributed by atoms with Gasteiger partial charge in [0.1, 0.15) is 6.54 Å². The van der Waals surface area contributed by atoms with Crippen LogP contribution < -0.4 is 0 Å². The Labute approximate surface area is 119 Å². The van der Waals surface area contributed by atoms with Gasteiger partial charge in [0.25, 0.3) is 0 Å². The minimum absolute atomic E-state index is 0.120. The second-order valence-corrected chi connectivity index (χ2v) is 5.06. The average molecular weight is 288 g/mol. The van der Waals surface area contributed by atoms with E-state index in [4.69, 9.17) is 14.9 Å². The Morgan fingerprint density at radius 3 is 2.80 bits per heavy atom.